The molecule has 1 fully saturated rings. The number of pyridine rings is 1. The van der Waals surface area contributed by atoms with Gasteiger partial charge < -0.3 is 24.6 Å². The van der Waals surface area contributed by atoms with Crippen LogP contribution < -0.4 is 15.0 Å². The van der Waals surface area contributed by atoms with Crippen molar-refractivity contribution in [3.05, 3.63) is 54.2 Å². The summed E-state index contributed by atoms with van der Waals surface area (Å²) in [5, 5.41) is 3.40. The first-order valence-corrected chi connectivity index (χ1v) is 10.2. The number of rotatable bonds is 8. The van der Waals surface area contributed by atoms with E-state index in [4.69, 9.17) is 14.5 Å². The fourth-order valence-corrected chi connectivity index (χ4v) is 3.33. The molecule has 29 heavy (non-hydrogen) atoms. The predicted molar refractivity (Wildman–Crippen MR) is 117 cm³/mol. The summed E-state index contributed by atoms with van der Waals surface area (Å²) in [6.45, 7) is 8.38. The molecule has 156 valence electrons. The minimum Gasteiger partial charge on any atom is -0.496 e. The van der Waals surface area contributed by atoms with Crippen LogP contribution >= 0.6 is 0 Å². The van der Waals surface area contributed by atoms with Gasteiger partial charge in [0.2, 0.25) is 0 Å². The van der Waals surface area contributed by atoms with Gasteiger partial charge in [-0.15, -0.1) is 0 Å². The molecule has 1 N–H and O–H groups in total. The zero-order chi connectivity index (χ0) is 20.3. The third kappa shape index (κ3) is 6.09. The number of aromatic nitrogens is 1. The largest absolute Gasteiger partial charge is 0.496 e. The molecule has 0 saturated carbocycles. The van der Waals surface area contributed by atoms with Crippen LogP contribution in [0.25, 0.3) is 0 Å². The number of piperazine rings is 1. The summed E-state index contributed by atoms with van der Waals surface area (Å²) < 4.78 is 11.2. The molecule has 0 bridgehead atoms. The zero-order valence-corrected chi connectivity index (χ0v) is 17.4. The van der Waals surface area contributed by atoms with Crippen LogP contribution in [0.5, 0.6) is 5.75 Å². The van der Waals surface area contributed by atoms with Crippen molar-refractivity contribution in [1.29, 1.82) is 0 Å². The monoisotopic (exact) mass is 397 g/mol. The summed E-state index contributed by atoms with van der Waals surface area (Å²) in [5.74, 6) is 2.85. The van der Waals surface area contributed by atoms with E-state index in [1.165, 1.54) is 0 Å². The molecule has 0 radical (unpaired) electrons. The topological polar surface area (TPSA) is 62.2 Å². The van der Waals surface area contributed by atoms with Crippen molar-refractivity contribution in [2.75, 3.05) is 57.9 Å². The Morgan fingerprint density at radius 3 is 2.62 bits per heavy atom. The molecule has 1 saturated heterocycles. The number of hydrogen-bond acceptors (Lipinski definition) is 5. The fourth-order valence-electron chi connectivity index (χ4n) is 3.33. The van der Waals surface area contributed by atoms with Gasteiger partial charge in [0.25, 0.3) is 0 Å². The molecule has 0 aliphatic carbocycles. The number of guanidine groups is 1. The van der Waals surface area contributed by atoms with Crippen molar-refractivity contribution in [3.63, 3.8) is 0 Å². The number of aliphatic imine (C=N–C) groups is 1. The van der Waals surface area contributed by atoms with E-state index in [9.17, 15) is 0 Å². The molecule has 0 spiro atoms. The number of para-hydroxylation sites is 1. The Balaban J connectivity index is 1.46. The van der Waals surface area contributed by atoms with Gasteiger partial charge in [0.15, 0.2) is 5.96 Å². The van der Waals surface area contributed by atoms with Crippen molar-refractivity contribution in [1.82, 2.24) is 15.2 Å². The summed E-state index contributed by atoms with van der Waals surface area (Å²) in [7, 11) is 1.68. The Morgan fingerprint density at radius 2 is 1.90 bits per heavy atom. The minimum atomic E-state index is 0.527. The van der Waals surface area contributed by atoms with Crippen LogP contribution in [0.4, 0.5) is 5.82 Å². The predicted octanol–water partition coefficient (Wildman–Crippen LogP) is 2.39. The Kier molecular flexibility index (Phi) is 8.12. The van der Waals surface area contributed by atoms with E-state index in [-0.39, 0.29) is 0 Å². The highest BCUT2D eigenvalue weighted by Gasteiger charge is 2.20. The number of nitrogens with zero attached hydrogens (tertiary/aromatic N) is 4. The minimum absolute atomic E-state index is 0.527. The van der Waals surface area contributed by atoms with Crippen molar-refractivity contribution >= 4 is 11.8 Å². The molecular formula is C22H31N5O2. The van der Waals surface area contributed by atoms with E-state index in [0.29, 0.717) is 19.8 Å². The quantitative estimate of drug-likeness (QED) is 0.419. The van der Waals surface area contributed by atoms with Gasteiger partial charge in [-0.3, -0.25) is 4.99 Å². The molecular weight excluding hydrogens is 366 g/mol. The van der Waals surface area contributed by atoms with Gasteiger partial charge in [-0.1, -0.05) is 24.3 Å². The van der Waals surface area contributed by atoms with Crippen molar-refractivity contribution in [3.8, 4) is 5.75 Å². The number of hydrogen-bond donors (Lipinski definition) is 1. The highest BCUT2D eigenvalue weighted by atomic mass is 16.5. The van der Waals surface area contributed by atoms with Gasteiger partial charge >= 0.3 is 0 Å². The Labute approximate surface area is 173 Å². The SMILES string of the molecule is CCNC(=NCCOCc1ccccc1OC)N1CCN(c2ccccn2)CC1. The van der Waals surface area contributed by atoms with Gasteiger partial charge in [0.05, 0.1) is 26.9 Å². The van der Waals surface area contributed by atoms with Gasteiger partial charge in [-0.25, -0.2) is 4.98 Å². The molecule has 7 heteroatoms. The molecule has 0 unspecified atom stereocenters. The molecule has 2 aromatic rings. The normalized spacial score (nSPS) is 14.8. The van der Waals surface area contributed by atoms with Crippen LogP contribution in [-0.2, 0) is 11.3 Å². The number of benzene rings is 1. The van der Waals surface area contributed by atoms with E-state index >= 15 is 0 Å². The zero-order valence-electron chi connectivity index (χ0n) is 17.4. The fraction of sp³-hybridized carbons (Fsp3) is 0.455. The maximum Gasteiger partial charge on any atom is 0.194 e. The number of ether oxygens (including phenoxy) is 2. The van der Waals surface area contributed by atoms with Crippen molar-refractivity contribution < 1.29 is 9.47 Å². The van der Waals surface area contributed by atoms with E-state index in [2.05, 4.69) is 33.1 Å². The highest BCUT2D eigenvalue weighted by Crippen LogP contribution is 2.18. The summed E-state index contributed by atoms with van der Waals surface area (Å²) in [6.07, 6.45) is 1.85. The summed E-state index contributed by atoms with van der Waals surface area (Å²) in [5.41, 5.74) is 1.05. The number of nitrogens with one attached hydrogen (secondary N) is 1. The first kappa shape index (κ1) is 20.9. The lowest BCUT2D eigenvalue weighted by molar-refractivity contribution is 0.126. The van der Waals surface area contributed by atoms with Gasteiger partial charge in [-0.2, -0.15) is 0 Å². The Bertz CT molecular complexity index is 761. The van der Waals surface area contributed by atoms with Gasteiger partial charge in [-0.05, 0) is 25.1 Å². The maximum atomic E-state index is 5.80. The molecule has 1 aromatic heterocycles. The summed E-state index contributed by atoms with van der Waals surface area (Å²) >= 11 is 0. The van der Waals surface area contributed by atoms with Gasteiger partial charge in [0, 0.05) is 44.5 Å². The smallest absolute Gasteiger partial charge is 0.194 e. The first-order valence-electron chi connectivity index (χ1n) is 10.2. The van der Waals surface area contributed by atoms with Crippen LogP contribution in [0.15, 0.2) is 53.7 Å². The molecule has 1 aliphatic rings. The van der Waals surface area contributed by atoms with Crippen molar-refractivity contribution in [2.24, 2.45) is 4.99 Å². The van der Waals surface area contributed by atoms with E-state index in [1.807, 2.05) is 42.6 Å². The molecule has 1 aromatic carbocycles. The average molecular weight is 398 g/mol. The van der Waals surface area contributed by atoms with E-state index < -0.39 is 0 Å². The Morgan fingerprint density at radius 1 is 1.10 bits per heavy atom. The number of anilines is 1. The Hall–Kier alpha value is -2.80. The third-order valence-corrected chi connectivity index (χ3v) is 4.83. The molecule has 0 amide bonds. The standard InChI is InChI=1S/C22H31N5O2/c1-3-23-22(25-12-17-29-18-19-8-4-5-9-20(19)28-2)27-15-13-26(14-16-27)21-10-6-7-11-24-21/h4-11H,3,12-18H2,1-2H3,(H,23,25). The number of methoxy groups -OCH3 is 1. The van der Waals surface area contributed by atoms with E-state index in [1.54, 1.807) is 7.11 Å². The molecule has 2 heterocycles. The molecule has 7 nitrogen and oxygen atoms in total. The van der Waals surface area contributed by atoms with Crippen molar-refractivity contribution in [2.45, 2.75) is 13.5 Å². The highest BCUT2D eigenvalue weighted by molar-refractivity contribution is 5.80. The average Bonchev–Trinajstić information content (AvgIpc) is 2.79. The van der Waals surface area contributed by atoms with Crippen LogP contribution in [0.2, 0.25) is 0 Å². The first-order chi connectivity index (χ1) is 14.3. The second-order valence-corrected chi connectivity index (χ2v) is 6.76. The molecule has 3 rings (SSSR count). The van der Waals surface area contributed by atoms with Crippen LogP contribution in [0.1, 0.15) is 12.5 Å². The lowest BCUT2D eigenvalue weighted by atomic mass is 10.2. The summed E-state index contributed by atoms with van der Waals surface area (Å²) in [6, 6.07) is 14.0. The molecule has 1 aliphatic heterocycles. The molecule has 0 atom stereocenters. The lowest BCUT2D eigenvalue weighted by Crippen LogP contribution is -2.52. The van der Waals surface area contributed by atoms with Gasteiger partial charge in [0.1, 0.15) is 11.6 Å². The second-order valence-electron chi connectivity index (χ2n) is 6.76. The van der Waals surface area contributed by atoms with E-state index in [0.717, 1.165) is 55.8 Å². The van der Waals surface area contributed by atoms with Crippen LogP contribution in [0, 0.1) is 0 Å². The lowest BCUT2D eigenvalue weighted by Gasteiger charge is -2.37. The maximum absolute atomic E-state index is 5.80. The van der Waals surface area contributed by atoms with Crippen LogP contribution in [-0.4, -0.2) is 68.8 Å². The third-order valence-electron chi connectivity index (χ3n) is 4.83. The van der Waals surface area contributed by atoms with Crippen LogP contribution in [0.3, 0.4) is 0 Å². The second kappa shape index (κ2) is 11.3. The summed E-state index contributed by atoms with van der Waals surface area (Å²) in [4.78, 5) is 13.8.